The van der Waals surface area contributed by atoms with Crippen LogP contribution in [0.1, 0.15) is 20.3 Å². The van der Waals surface area contributed by atoms with E-state index >= 15 is 0 Å². The zero-order valence-electron chi connectivity index (χ0n) is 8.88. The van der Waals surface area contributed by atoms with Crippen LogP contribution in [0, 0.1) is 5.92 Å². The van der Waals surface area contributed by atoms with Crippen LogP contribution in [0.2, 0.25) is 0 Å². The van der Waals surface area contributed by atoms with E-state index in [1.54, 1.807) is 6.07 Å². The largest absolute Gasteiger partial charge is 0.398 e. The maximum Gasteiger partial charge on any atom is 0.224 e. The van der Waals surface area contributed by atoms with Crippen LogP contribution in [-0.2, 0) is 4.79 Å². The Balaban J connectivity index is 2.65. The molecule has 0 aliphatic heterocycles. The molecule has 0 saturated heterocycles. The molecule has 4 heteroatoms. The highest BCUT2D eigenvalue weighted by Crippen LogP contribution is 2.23. The number of halogens is 1. The van der Waals surface area contributed by atoms with Gasteiger partial charge < -0.3 is 11.1 Å². The van der Waals surface area contributed by atoms with E-state index in [0.29, 0.717) is 18.0 Å². The molecule has 15 heavy (non-hydrogen) atoms. The van der Waals surface area contributed by atoms with Gasteiger partial charge in [-0.15, -0.1) is 0 Å². The number of nitrogens with one attached hydrogen (secondary N) is 1. The SMILES string of the molecule is CC(C)CC(=O)Nc1ccc(Br)c(N)c1. The summed E-state index contributed by atoms with van der Waals surface area (Å²) < 4.78 is 0.837. The molecule has 0 heterocycles. The van der Waals surface area contributed by atoms with Crippen LogP contribution < -0.4 is 11.1 Å². The Hall–Kier alpha value is -1.03. The molecule has 0 saturated carbocycles. The first-order valence-corrected chi connectivity index (χ1v) is 5.63. The topological polar surface area (TPSA) is 55.1 Å². The third kappa shape index (κ3) is 3.91. The van der Waals surface area contributed by atoms with Gasteiger partial charge >= 0.3 is 0 Å². The van der Waals surface area contributed by atoms with E-state index in [-0.39, 0.29) is 5.91 Å². The summed E-state index contributed by atoms with van der Waals surface area (Å²) >= 11 is 3.30. The average molecular weight is 271 g/mol. The lowest BCUT2D eigenvalue weighted by Crippen LogP contribution is -2.13. The number of amides is 1. The highest BCUT2D eigenvalue weighted by molar-refractivity contribution is 9.10. The van der Waals surface area contributed by atoms with Crippen molar-refractivity contribution in [2.75, 3.05) is 11.1 Å². The van der Waals surface area contributed by atoms with E-state index < -0.39 is 0 Å². The fourth-order valence-electron chi connectivity index (χ4n) is 1.20. The van der Waals surface area contributed by atoms with E-state index in [9.17, 15) is 4.79 Å². The molecular weight excluding hydrogens is 256 g/mol. The Morgan fingerprint density at radius 3 is 2.73 bits per heavy atom. The maximum absolute atomic E-state index is 11.5. The number of benzene rings is 1. The van der Waals surface area contributed by atoms with Gasteiger partial charge in [-0.3, -0.25) is 4.79 Å². The van der Waals surface area contributed by atoms with E-state index in [1.165, 1.54) is 0 Å². The van der Waals surface area contributed by atoms with Crippen LogP contribution >= 0.6 is 15.9 Å². The minimum atomic E-state index is 0.0201. The Morgan fingerprint density at radius 1 is 1.53 bits per heavy atom. The van der Waals surface area contributed by atoms with Gasteiger partial charge in [0, 0.05) is 22.3 Å². The molecule has 0 fully saturated rings. The summed E-state index contributed by atoms with van der Waals surface area (Å²) in [6.07, 6.45) is 0.524. The van der Waals surface area contributed by atoms with Gasteiger partial charge in [0.1, 0.15) is 0 Å². The van der Waals surface area contributed by atoms with E-state index in [0.717, 1.165) is 10.2 Å². The van der Waals surface area contributed by atoms with Crippen molar-refractivity contribution in [2.45, 2.75) is 20.3 Å². The molecule has 0 aliphatic rings. The minimum absolute atomic E-state index is 0.0201. The summed E-state index contributed by atoms with van der Waals surface area (Å²) in [5, 5.41) is 2.80. The van der Waals surface area contributed by atoms with Gasteiger partial charge in [-0.1, -0.05) is 13.8 Å². The average Bonchev–Trinajstić information content (AvgIpc) is 2.10. The molecule has 0 radical (unpaired) electrons. The number of carbonyl (C=O) groups excluding carboxylic acids is 1. The highest BCUT2D eigenvalue weighted by Gasteiger charge is 2.05. The van der Waals surface area contributed by atoms with Crippen molar-refractivity contribution in [3.63, 3.8) is 0 Å². The van der Waals surface area contributed by atoms with Gasteiger partial charge in [0.05, 0.1) is 0 Å². The summed E-state index contributed by atoms with van der Waals surface area (Å²) in [5.74, 6) is 0.379. The fraction of sp³-hybridized carbons (Fsp3) is 0.364. The molecule has 1 amide bonds. The Morgan fingerprint density at radius 2 is 2.20 bits per heavy atom. The van der Waals surface area contributed by atoms with E-state index in [1.807, 2.05) is 26.0 Å². The second-order valence-corrected chi connectivity index (χ2v) is 4.74. The first-order valence-electron chi connectivity index (χ1n) is 4.84. The van der Waals surface area contributed by atoms with Gasteiger partial charge in [-0.25, -0.2) is 0 Å². The number of hydrogen-bond donors (Lipinski definition) is 2. The van der Waals surface area contributed by atoms with Gasteiger partial charge in [-0.05, 0) is 40.0 Å². The zero-order chi connectivity index (χ0) is 11.4. The van der Waals surface area contributed by atoms with Crippen LogP contribution in [0.25, 0.3) is 0 Å². The summed E-state index contributed by atoms with van der Waals surface area (Å²) in [6, 6.07) is 5.38. The number of nitrogens with two attached hydrogens (primary N) is 1. The van der Waals surface area contributed by atoms with Crippen molar-refractivity contribution in [1.29, 1.82) is 0 Å². The number of hydrogen-bond acceptors (Lipinski definition) is 2. The molecule has 0 atom stereocenters. The fourth-order valence-corrected chi connectivity index (χ4v) is 1.45. The molecule has 0 spiro atoms. The van der Waals surface area contributed by atoms with Gasteiger partial charge in [0.15, 0.2) is 0 Å². The second-order valence-electron chi connectivity index (χ2n) is 3.88. The monoisotopic (exact) mass is 270 g/mol. The Labute approximate surface area is 98.2 Å². The van der Waals surface area contributed by atoms with E-state index in [4.69, 9.17) is 5.73 Å². The third-order valence-corrected chi connectivity index (χ3v) is 2.60. The second kappa shape index (κ2) is 5.16. The smallest absolute Gasteiger partial charge is 0.224 e. The molecule has 3 nitrogen and oxygen atoms in total. The van der Waals surface area contributed by atoms with Gasteiger partial charge in [0.25, 0.3) is 0 Å². The van der Waals surface area contributed by atoms with Crippen LogP contribution in [0.4, 0.5) is 11.4 Å². The Bertz CT molecular complexity index is 364. The first-order chi connectivity index (χ1) is 6.99. The molecular formula is C11H15BrN2O. The lowest BCUT2D eigenvalue weighted by atomic mass is 10.1. The minimum Gasteiger partial charge on any atom is -0.398 e. The van der Waals surface area contributed by atoms with Crippen LogP contribution in [0.5, 0.6) is 0 Å². The van der Waals surface area contributed by atoms with Crippen molar-refractivity contribution in [3.8, 4) is 0 Å². The molecule has 1 aromatic rings. The normalized spacial score (nSPS) is 10.4. The molecule has 0 aliphatic carbocycles. The van der Waals surface area contributed by atoms with Gasteiger partial charge in [-0.2, -0.15) is 0 Å². The van der Waals surface area contributed by atoms with Crippen molar-refractivity contribution >= 4 is 33.2 Å². The molecule has 1 rings (SSSR count). The van der Waals surface area contributed by atoms with Crippen LogP contribution in [-0.4, -0.2) is 5.91 Å². The first kappa shape index (κ1) is 12.0. The molecule has 0 unspecified atom stereocenters. The zero-order valence-corrected chi connectivity index (χ0v) is 10.5. The summed E-state index contributed by atoms with van der Waals surface area (Å²) in [5.41, 5.74) is 7.06. The van der Waals surface area contributed by atoms with E-state index in [2.05, 4.69) is 21.2 Å². The number of rotatable bonds is 3. The Kier molecular flexibility index (Phi) is 4.15. The number of nitrogen functional groups attached to an aromatic ring is 1. The summed E-state index contributed by atoms with van der Waals surface area (Å²) in [4.78, 5) is 11.5. The number of anilines is 2. The molecule has 0 aromatic heterocycles. The van der Waals surface area contributed by atoms with Crippen molar-refractivity contribution in [2.24, 2.45) is 5.92 Å². The predicted molar refractivity (Wildman–Crippen MR) is 66.6 cm³/mol. The van der Waals surface area contributed by atoms with Gasteiger partial charge in [0.2, 0.25) is 5.91 Å². The van der Waals surface area contributed by atoms with Crippen molar-refractivity contribution in [1.82, 2.24) is 0 Å². The third-order valence-electron chi connectivity index (χ3n) is 1.87. The molecule has 82 valence electrons. The predicted octanol–water partition coefficient (Wildman–Crippen LogP) is 3.02. The molecule has 3 N–H and O–H groups in total. The highest BCUT2D eigenvalue weighted by atomic mass is 79.9. The number of carbonyl (C=O) groups is 1. The summed E-state index contributed by atoms with van der Waals surface area (Å²) in [7, 11) is 0. The van der Waals surface area contributed by atoms with Crippen LogP contribution in [0.3, 0.4) is 0 Å². The maximum atomic E-state index is 11.5. The molecule has 0 bridgehead atoms. The quantitative estimate of drug-likeness (QED) is 0.830. The standard InChI is InChI=1S/C11H15BrN2O/c1-7(2)5-11(15)14-8-3-4-9(12)10(13)6-8/h3-4,6-7H,5,13H2,1-2H3,(H,14,15). The lowest BCUT2D eigenvalue weighted by molar-refractivity contribution is -0.116. The lowest BCUT2D eigenvalue weighted by Gasteiger charge is -2.08. The van der Waals surface area contributed by atoms with Crippen LogP contribution in [0.15, 0.2) is 22.7 Å². The van der Waals surface area contributed by atoms with Crippen molar-refractivity contribution in [3.05, 3.63) is 22.7 Å². The summed E-state index contributed by atoms with van der Waals surface area (Å²) in [6.45, 7) is 4.02. The molecule has 1 aromatic carbocycles. The van der Waals surface area contributed by atoms with Crippen molar-refractivity contribution < 1.29 is 4.79 Å².